The van der Waals surface area contributed by atoms with Gasteiger partial charge in [-0.05, 0) is 51.5 Å². The minimum absolute atomic E-state index is 0.234. The molecule has 0 aromatic carbocycles. The summed E-state index contributed by atoms with van der Waals surface area (Å²) in [5, 5.41) is 3.54. The third-order valence-electron chi connectivity index (χ3n) is 5.10. The first-order valence-corrected chi connectivity index (χ1v) is 8.10. The first-order chi connectivity index (χ1) is 9.29. The van der Waals surface area contributed by atoms with E-state index in [1.54, 1.807) is 7.11 Å². The Balaban J connectivity index is 1.87. The van der Waals surface area contributed by atoms with Crippen LogP contribution < -0.4 is 5.32 Å². The zero-order chi connectivity index (χ0) is 13.6. The summed E-state index contributed by atoms with van der Waals surface area (Å²) >= 11 is 0. The van der Waals surface area contributed by atoms with E-state index in [1.807, 2.05) is 0 Å². The van der Waals surface area contributed by atoms with Crippen LogP contribution in [0.25, 0.3) is 0 Å². The fourth-order valence-electron chi connectivity index (χ4n) is 4.02. The van der Waals surface area contributed by atoms with Crippen LogP contribution >= 0.6 is 0 Å². The molecular formula is C16H31NO2. The summed E-state index contributed by atoms with van der Waals surface area (Å²) < 4.78 is 11.4. The maximum atomic E-state index is 6.20. The summed E-state index contributed by atoms with van der Waals surface area (Å²) in [5.41, 5.74) is 0.234. The van der Waals surface area contributed by atoms with E-state index >= 15 is 0 Å². The van der Waals surface area contributed by atoms with Crippen LogP contribution in [0.5, 0.6) is 0 Å². The van der Waals surface area contributed by atoms with E-state index in [4.69, 9.17) is 9.47 Å². The molecule has 2 fully saturated rings. The van der Waals surface area contributed by atoms with E-state index < -0.39 is 0 Å². The minimum atomic E-state index is 0.234. The number of methoxy groups -OCH3 is 1. The average molecular weight is 269 g/mol. The van der Waals surface area contributed by atoms with Gasteiger partial charge in [0.05, 0.1) is 5.60 Å². The van der Waals surface area contributed by atoms with E-state index in [-0.39, 0.29) is 5.60 Å². The molecule has 1 aliphatic carbocycles. The normalized spacial score (nSPS) is 28.4. The van der Waals surface area contributed by atoms with Gasteiger partial charge in [-0.1, -0.05) is 19.3 Å². The Labute approximate surface area is 118 Å². The van der Waals surface area contributed by atoms with Gasteiger partial charge >= 0.3 is 0 Å². The van der Waals surface area contributed by atoms with Crippen molar-refractivity contribution in [1.29, 1.82) is 0 Å². The smallest absolute Gasteiger partial charge is 0.0685 e. The van der Waals surface area contributed by atoms with Crippen LogP contribution in [0.15, 0.2) is 0 Å². The van der Waals surface area contributed by atoms with Gasteiger partial charge in [-0.25, -0.2) is 0 Å². The third-order valence-corrected chi connectivity index (χ3v) is 5.10. The highest BCUT2D eigenvalue weighted by Crippen LogP contribution is 2.41. The van der Waals surface area contributed by atoms with Crippen molar-refractivity contribution >= 4 is 0 Å². The Morgan fingerprint density at radius 3 is 2.79 bits per heavy atom. The summed E-state index contributed by atoms with van der Waals surface area (Å²) in [7, 11) is 3.90. The predicted molar refractivity (Wildman–Crippen MR) is 78.4 cm³/mol. The molecule has 1 spiro atoms. The highest BCUT2D eigenvalue weighted by molar-refractivity contribution is 4.92. The van der Waals surface area contributed by atoms with Crippen molar-refractivity contribution in [3.63, 3.8) is 0 Å². The van der Waals surface area contributed by atoms with Gasteiger partial charge in [0.15, 0.2) is 0 Å². The Bertz CT molecular complexity index is 246. The first-order valence-electron chi connectivity index (χ1n) is 8.10. The lowest BCUT2D eigenvalue weighted by Crippen LogP contribution is -2.47. The van der Waals surface area contributed by atoms with Crippen LogP contribution in [0.4, 0.5) is 0 Å². The molecule has 1 saturated carbocycles. The highest BCUT2D eigenvalue weighted by atomic mass is 16.5. The molecular weight excluding hydrogens is 238 g/mol. The molecule has 1 N–H and O–H groups in total. The molecule has 0 radical (unpaired) electrons. The van der Waals surface area contributed by atoms with Crippen LogP contribution in [0.1, 0.15) is 57.8 Å². The third kappa shape index (κ3) is 4.17. The second-order valence-electron chi connectivity index (χ2n) is 6.38. The fraction of sp³-hybridized carbons (Fsp3) is 1.00. The van der Waals surface area contributed by atoms with Crippen LogP contribution in [-0.2, 0) is 9.47 Å². The molecule has 2 rings (SSSR count). The number of hydrogen-bond acceptors (Lipinski definition) is 3. The molecule has 0 bridgehead atoms. The molecule has 1 heterocycles. The van der Waals surface area contributed by atoms with Gasteiger partial charge in [0, 0.05) is 26.4 Å². The van der Waals surface area contributed by atoms with Crippen molar-refractivity contribution < 1.29 is 9.47 Å². The lowest BCUT2D eigenvalue weighted by Gasteiger charge is -2.45. The van der Waals surface area contributed by atoms with Crippen molar-refractivity contribution in [3.05, 3.63) is 0 Å². The Kier molecular flexibility index (Phi) is 6.11. The SMILES string of the molecule is CNC(CCCOC)C1CCOC2(CCCCC2)C1. The second kappa shape index (κ2) is 7.61. The van der Waals surface area contributed by atoms with Gasteiger partial charge in [0.1, 0.15) is 0 Å². The Morgan fingerprint density at radius 2 is 2.11 bits per heavy atom. The van der Waals surface area contributed by atoms with Crippen LogP contribution in [0, 0.1) is 5.92 Å². The van der Waals surface area contributed by atoms with Gasteiger partial charge in [-0.3, -0.25) is 0 Å². The summed E-state index contributed by atoms with van der Waals surface area (Å²) in [6.07, 6.45) is 11.6. The number of nitrogens with one attached hydrogen (secondary N) is 1. The Morgan fingerprint density at radius 1 is 1.32 bits per heavy atom. The summed E-state index contributed by atoms with van der Waals surface area (Å²) in [5.74, 6) is 0.786. The van der Waals surface area contributed by atoms with Crippen molar-refractivity contribution in [2.45, 2.75) is 69.4 Å². The van der Waals surface area contributed by atoms with E-state index in [1.165, 1.54) is 51.4 Å². The van der Waals surface area contributed by atoms with E-state index in [0.29, 0.717) is 6.04 Å². The number of ether oxygens (including phenoxy) is 2. The van der Waals surface area contributed by atoms with Gasteiger partial charge in [0.25, 0.3) is 0 Å². The molecule has 0 aromatic heterocycles. The van der Waals surface area contributed by atoms with E-state index in [2.05, 4.69) is 12.4 Å². The predicted octanol–water partition coefficient (Wildman–Crippen LogP) is 3.13. The monoisotopic (exact) mass is 269 g/mol. The highest BCUT2D eigenvalue weighted by Gasteiger charge is 2.40. The topological polar surface area (TPSA) is 30.5 Å². The minimum Gasteiger partial charge on any atom is -0.385 e. The summed E-state index contributed by atoms with van der Waals surface area (Å²) in [6.45, 7) is 1.85. The molecule has 2 unspecified atom stereocenters. The molecule has 2 aliphatic rings. The van der Waals surface area contributed by atoms with Crippen molar-refractivity contribution in [2.75, 3.05) is 27.4 Å². The molecule has 3 heteroatoms. The van der Waals surface area contributed by atoms with Crippen LogP contribution in [-0.4, -0.2) is 39.0 Å². The molecule has 1 aliphatic heterocycles. The summed E-state index contributed by atoms with van der Waals surface area (Å²) in [4.78, 5) is 0. The van der Waals surface area contributed by atoms with Crippen molar-refractivity contribution in [2.24, 2.45) is 5.92 Å². The number of hydrogen-bond donors (Lipinski definition) is 1. The fourth-order valence-corrected chi connectivity index (χ4v) is 4.02. The largest absolute Gasteiger partial charge is 0.385 e. The van der Waals surface area contributed by atoms with Gasteiger partial charge in [-0.2, -0.15) is 0 Å². The molecule has 2 atom stereocenters. The number of rotatable bonds is 6. The lowest BCUT2D eigenvalue weighted by atomic mass is 9.73. The summed E-state index contributed by atoms with van der Waals surface area (Å²) in [6, 6.07) is 0.637. The zero-order valence-electron chi connectivity index (χ0n) is 12.7. The molecule has 112 valence electrons. The molecule has 0 aromatic rings. The van der Waals surface area contributed by atoms with E-state index in [9.17, 15) is 0 Å². The standard InChI is InChI=1S/C16H31NO2/c1-17-15(7-6-11-18-2)14-8-12-19-16(13-14)9-4-3-5-10-16/h14-15,17H,3-13H2,1-2H3. The van der Waals surface area contributed by atoms with Crippen LogP contribution in [0.3, 0.4) is 0 Å². The van der Waals surface area contributed by atoms with Crippen LogP contribution in [0.2, 0.25) is 0 Å². The van der Waals surface area contributed by atoms with Crippen molar-refractivity contribution in [3.8, 4) is 0 Å². The van der Waals surface area contributed by atoms with Gasteiger partial charge < -0.3 is 14.8 Å². The first kappa shape index (κ1) is 15.3. The molecule has 0 amide bonds. The van der Waals surface area contributed by atoms with Gasteiger partial charge in [0.2, 0.25) is 0 Å². The molecule has 19 heavy (non-hydrogen) atoms. The van der Waals surface area contributed by atoms with Crippen molar-refractivity contribution in [1.82, 2.24) is 5.32 Å². The maximum Gasteiger partial charge on any atom is 0.0685 e. The second-order valence-corrected chi connectivity index (χ2v) is 6.38. The van der Waals surface area contributed by atoms with Gasteiger partial charge in [-0.15, -0.1) is 0 Å². The lowest BCUT2D eigenvalue weighted by molar-refractivity contribution is -0.122. The maximum absolute atomic E-state index is 6.20. The average Bonchev–Trinajstić information content (AvgIpc) is 2.44. The molecule has 3 nitrogen and oxygen atoms in total. The zero-order valence-corrected chi connectivity index (χ0v) is 12.7. The quantitative estimate of drug-likeness (QED) is 0.752. The molecule has 1 saturated heterocycles. The van der Waals surface area contributed by atoms with E-state index in [0.717, 1.165) is 25.6 Å². The Hall–Kier alpha value is -0.120.